The van der Waals surface area contributed by atoms with E-state index in [0.29, 0.717) is 5.56 Å². The van der Waals surface area contributed by atoms with Crippen LogP contribution in [-0.2, 0) is 42.9 Å². The Bertz CT molecular complexity index is 1530. The maximum absolute atomic E-state index is 12.2. The number of esters is 4. The van der Waals surface area contributed by atoms with E-state index < -0.39 is 53.7 Å². The van der Waals surface area contributed by atoms with Gasteiger partial charge in [0.05, 0.1) is 11.8 Å². The number of hydrogen-bond acceptors (Lipinski definition) is 14. The molecule has 0 spiro atoms. The van der Waals surface area contributed by atoms with Gasteiger partial charge < -0.3 is 28.8 Å². The Kier molecular flexibility index (Phi) is 10.7. The number of ether oxygens (including phenoxy) is 5. The molecular weight excluding hydrogens is 596 g/mol. The van der Waals surface area contributed by atoms with Crippen LogP contribution in [-0.4, -0.2) is 86.5 Å². The van der Waals surface area contributed by atoms with Gasteiger partial charge in [0.15, 0.2) is 29.6 Å². The van der Waals surface area contributed by atoms with E-state index in [0.717, 1.165) is 38.1 Å². The third kappa shape index (κ3) is 8.20. The number of thioether (sulfide) groups is 1. The number of phenols is 1. The second-order valence-corrected chi connectivity index (χ2v) is 10.5. The first kappa shape index (κ1) is 32.2. The molecule has 14 nitrogen and oxygen atoms in total. The number of nitrogens with zero attached hydrogens (tertiary/aromatic N) is 4. The van der Waals surface area contributed by atoms with Crippen LogP contribution in [0.3, 0.4) is 0 Å². The summed E-state index contributed by atoms with van der Waals surface area (Å²) >= 11 is 0.910. The normalized spacial score (nSPS) is 21.4. The molecule has 0 radical (unpaired) electrons. The maximum Gasteiger partial charge on any atom is 0.303 e. The lowest BCUT2D eigenvalue weighted by Crippen LogP contribution is -2.61. The Morgan fingerprint density at radius 3 is 2.11 bits per heavy atom. The molecule has 15 heteroatoms. The molecule has 1 saturated heterocycles. The van der Waals surface area contributed by atoms with Crippen molar-refractivity contribution in [3.8, 4) is 17.1 Å². The first-order chi connectivity index (χ1) is 21.0. The van der Waals surface area contributed by atoms with Crippen LogP contribution < -0.4 is 0 Å². The van der Waals surface area contributed by atoms with Gasteiger partial charge in [-0.15, -0.1) is 10.2 Å². The van der Waals surface area contributed by atoms with Crippen molar-refractivity contribution in [2.24, 2.45) is 5.10 Å². The fourth-order valence-electron chi connectivity index (χ4n) is 4.32. The van der Waals surface area contributed by atoms with Crippen LogP contribution in [0.2, 0.25) is 0 Å². The summed E-state index contributed by atoms with van der Waals surface area (Å²) in [5, 5.41) is 23.7. The first-order valence-corrected chi connectivity index (χ1v) is 14.2. The molecule has 2 aromatic carbocycles. The van der Waals surface area contributed by atoms with Crippen molar-refractivity contribution in [1.29, 1.82) is 0 Å². The summed E-state index contributed by atoms with van der Waals surface area (Å²) in [6, 6.07) is 15.7. The average molecular weight is 627 g/mol. The number of carbonyl (C=O) groups excluding carboxylic acids is 4. The van der Waals surface area contributed by atoms with Crippen LogP contribution >= 0.6 is 11.8 Å². The van der Waals surface area contributed by atoms with Gasteiger partial charge in [-0.05, 0) is 29.5 Å². The van der Waals surface area contributed by atoms with Crippen molar-refractivity contribution >= 4 is 41.9 Å². The summed E-state index contributed by atoms with van der Waals surface area (Å²) in [6.07, 6.45) is -3.56. The van der Waals surface area contributed by atoms with E-state index in [9.17, 15) is 24.3 Å². The molecular formula is C29H30N4O10S. The third-order valence-corrected chi connectivity index (χ3v) is 7.13. The molecule has 0 bridgehead atoms. The minimum Gasteiger partial charge on any atom is -0.507 e. The second kappa shape index (κ2) is 14.6. The Hall–Kier alpha value is -4.76. The van der Waals surface area contributed by atoms with Crippen molar-refractivity contribution in [3.05, 3.63) is 60.2 Å². The maximum atomic E-state index is 12.2. The van der Waals surface area contributed by atoms with E-state index in [1.165, 1.54) is 17.7 Å². The van der Waals surface area contributed by atoms with Crippen molar-refractivity contribution in [3.63, 3.8) is 0 Å². The minimum atomic E-state index is -1.35. The molecule has 1 aromatic heterocycles. The topological polar surface area (TPSA) is 178 Å². The number of aromatic hydroxyl groups is 1. The van der Waals surface area contributed by atoms with Gasteiger partial charge in [-0.1, -0.05) is 42.5 Å². The van der Waals surface area contributed by atoms with Gasteiger partial charge in [0.1, 0.15) is 18.5 Å². The molecule has 1 aliphatic rings. The van der Waals surface area contributed by atoms with Crippen LogP contribution in [0.1, 0.15) is 33.3 Å². The van der Waals surface area contributed by atoms with Gasteiger partial charge in [0.25, 0.3) is 0 Å². The van der Waals surface area contributed by atoms with Crippen LogP contribution in [0.25, 0.3) is 11.4 Å². The van der Waals surface area contributed by atoms with Gasteiger partial charge >= 0.3 is 23.9 Å². The molecule has 1 fully saturated rings. The first-order valence-electron chi connectivity index (χ1n) is 13.3. The molecule has 2 heterocycles. The summed E-state index contributed by atoms with van der Waals surface area (Å²) in [5.41, 5.74) is -0.0750. The van der Waals surface area contributed by atoms with Gasteiger partial charge in [-0.2, -0.15) is 9.78 Å². The second-order valence-electron chi connectivity index (χ2n) is 9.48. The Morgan fingerprint density at radius 2 is 1.48 bits per heavy atom. The quantitative estimate of drug-likeness (QED) is 0.198. The molecule has 5 atom stereocenters. The number of hydrogen-bond donors (Lipinski definition) is 1. The lowest BCUT2D eigenvalue weighted by molar-refractivity contribution is -0.237. The molecule has 1 aliphatic heterocycles. The van der Waals surface area contributed by atoms with Crippen molar-refractivity contribution in [1.82, 2.24) is 14.9 Å². The number of phenolic OH excluding ortho intramolecular Hbond substituents is 1. The molecule has 0 saturated carbocycles. The van der Waals surface area contributed by atoms with Crippen LogP contribution in [0, 0.1) is 0 Å². The summed E-state index contributed by atoms with van der Waals surface area (Å²) in [4.78, 5) is 48.1. The fourth-order valence-corrected chi connectivity index (χ4v) is 5.40. The van der Waals surface area contributed by atoms with Crippen LogP contribution in [0.5, 0.6) is 5.75 Å². The van der Waals surface area contributed by atoms with Gasteiger partial charge in [-0.25, -0.2) is 0 Å². The van der Waals surface area contributed by atoms with E-state index in [2.05, 4.69) is 15.3 Å². The number of benzene rings is 2. The van der Waals surface area contributed by atoms with Crippen LogP contribution in [0.4, 0.5) is 0 Å². The van der Waals surface area contributed by atoms with E-state index in [-0.39, 0.29) is 23.3 Å². The Morgan fingerprint density at radius 1 is 0.864 bits per heavy atom. The minimum absolute atomic E-state index is 0.0695. The summed E-state index contributed by atoms with van der Waals surface area (Å²) < 4.78 is 29.2. The predicted octanol–water partition coefficient (Wildman–Crippen LogP) is 2.71. The zero-order chi connectivity index (χ0) is 31.8. The molecule has 4 rings (SSSR count). The highest BCUT2D eigenvalue weighted by Gasteiger charge is 2.53. The molecule has 44 heavy (non-hydrogen) atoms. The van der Waals surface area contributed by atoms with E-state index in [4.69, 9.17) is 23.7 Å². The number of carbonyl (C=O) groups is 4. The largest absolute Gasteiger partial charge is 0.507 e. The fraction of sp³-hybridized carbons (Fsp3) is 0.345. The van der Waals surface area contributed by atoms with Crippen molar-refractivity contribution < 1.29 is 48.0 Å². The van der Waals surface area contributed by atoms with Crippen molar-refractivity contribution in [2.75, 3.05) is 6.61 Å². The molecule has 0 amide bonds. The third-order valence-electron chi connectivity index (χ3n) is 6.05. The zero-order valence-corrected chi connectivity index (χ0v) is 25.0. The average Bonchev–Trinajstić information content (AvgIpc) is 3.36. The lowest BCUT2D eigenvalue weighted by Gasteiger charge is -2.43. The zero-order valence-electron chi connectivity index (χ0n) is 24.2. The van der Waals surface area contributed by atoms with E-state index in [1.54, 1.807) is 24.4 Å². The van der Waals surface area contributed by atoms with Crippen LogP contribution in [0.15, 0.2) is 64.9 Å². The number of rotatable bonds is 10. The molecule has 3 aromatic rings. The van der Waals surface area contributed by atoms with Gasteiger partial charge in [0, 0.05) is 27.7 Å². The highest BCUT2D eigenvalue weighted by Crippen LogP contribution is 2.38. The highest BCUT2D eigenvalue weighted by atomic mass is 32.2. The molecule has 1 N–H and O–H groups in total. The van der Waals surface area contributed by atoms with Crippen molar-refractivity contribution in [2.45, 2.75) is 62.7 Å². The number of aromatic nitrogens is 3. The Balaban J connectivity index is 1.79. The monoisotopic (exact) mass is 626 g/mol. The van der Waals surface area contributed by atoms with E-state index >= 15 is 0 Å². The van der Waals surface area contributed by atoms with E-state index in [1.807, 2.05) is 30.3 Å². The lowest BCUT2D eigenvalue weighted by atomic mass is 9.99. The summed E-state index contributed by atoms with van der Waals surface area (Å²) in [7, 11) is 0. The highest BCUT2D eigenvalue weighted by molar-refractivity contribution is 7.99. The molecule has 0 aliphatic carbocycles. The predicted molar refractivity (Wildman–Crippen MR) is 154 cm³/mol. The van der Waals surface area contributed by atoms with Gasteiger partial charge in [0.2, 0.25) is 5.16 Å². The Labute approximate surface area is 256 Å². The molecule has 232 valence electrons. The SMILES string of the molecule is CC(=O)OC[C@H]1O[C@@H](Sc2nnc(-c3ccccc3O)n2/N=C/c2ccccc2)[C@H](OC(C)=O)[C@@H](OC(C)=O)[C@@H]1OC(C)=O. The summed E-state index contributed by atoms with van der Waals surface area (Å²) in [6.45, 7) is 4.25. The summed E-state index contributed by atoms with van der Waals surface area (Å²) in [5.74, 6) is -2.74. The van der Waals surface area contributed by atoms with Gasteiger partial charge in [-0.3, -0.25) is 19.2 Å². The smallest absolute Gasteiger partial charge is 0.303 e. The standard InChI is InChI=1S/C29H30N4O10S/c1-16(34)39-15-23-24(40-17(2)35)25(41-18(3)36)26(42-19(4)37)28(43-23)44-29-32-31-27(21-12-8-9-13-22(21)38)33(29)30-14-20-10-6-5-7-11-20/h5-14,23-26,28,38H,15H2,1-4H3/b30-14+/t23-,24-,25+,26-,28+/m1/s1. The number of para-hydroxylation sites is 1. The molecule has 0 unspecified atom stereocenters.